The molecule has 0 aromatic heterocycles. The summed E-state index contributed by atoms with van der Waals surface area (Å²) in [5.41, 5.74) is 0. The Bertz CT molecular complexity index is 66.6. The molecule has 0 saturated carbocycles. The topological polar surface area (TPSA) is 86.2 Å². The Balaban J connectivity index is -0.00000000800. The molecule has 0 aliphatic rings. The first-order chi connectivity index (χ1) is 2.00. The van der Waals surface area contributed by atoms with Crippen molar-refractivity contribution in [2.75, 3.05) is 0 Å². The van der Waals surface area contributed by atoms with Gasteiger partial charge < -0.3 is 31.7 Å². The summed E-state index contributed by atoms with van der Waals surface area (Å²) in [6.07, 6.45) is 0. The van der Waals surface area contributed by atoms with E-state index in [-0.39, 0.29) is 149 Å². The van der Waals surface area contributed by atoms with E-state index in [9.17, 15) is 0 Å². The van der Waals surface area contributed by atoms with Crippen LogP contribution in [0.3, 0.4) is 0 Å². The van der Waals surface area contributed by atoms with Gasteiger partial charge in [0, 0.05) is 0 Å². The van der Waals surface area contributed by atoms with Crippen molar-refractivity contribution in [2.24, 2.45) is 0 Å². The van der Waals surface area contributed by atoms with E-state index in [1.165, 1.54) is 0 Å². The molecule has 0 rings (SSSR count). The Morgan fingerprint density at radius 1 is 0.900 bits per heavy atom. The third-order valence-electron chi connectivity index (χ3n) is 0. The zero-order valence-electron chi connectivity index (χ0n) is 5.29. The summed E-state index contributed by atoms with van der Waals surface area (Å²) in [5.74, 6) is 0. The number of hydrogen-bond donors (Lipinski definition) is 0. The summed E-state index contributed by atoms with van der Waals surface area (Å²) >= 11 is 0. The van der Waals surface area contributed by atoms with Gasteiger partial charge in [-0.25, -0.2) is 0 Å². The minimum Gasteiger partial charge on any atom is -1.00 e. The van der Waals surface area contributed by atoms with Gasteiger partial charge in [-0.1, -0.05) is 0 Å². The third-order valence-corrected chi connectivity index (χ3v) is 0. The average Bonchev–Trinajstić information content (AvgIpc) is 0.722. The van der Waals surface area contributed by atoms with Gasteiger partial charge in [0.15, 0.2) is 0 Å². The molecule has 0 atom stereocenters. The van der Waals surface area contributed by atoms with Crippen LogP contribution in [0.25, 0.3) is 0 Å². The number of rotatable bonds is 0. The Kier molecular flexibility index (Phi) is 70.9. The fourth-order valence-electron chi connectivity index (χ4n) is 0. The quantitative estimate of drug-likeness (QED) is 0.324. The molecule has 0 aromatic rings. The van der Waals surface area contributed by atoms with E-state index in [1.54, 1.807) is 0 Å². The minimum absolute atomic E-state index is 0. The summed E-state index contributed by atoms with van der Waals surface area (Å²) in [5, 5.41) is 0. The van der Waals surface area contributed by atoms with Crippen molar-refractivity contribution in [1.29, 1.82) is 0 Å². The normalized spacial score (nSPS) is 5.90. The first kappa shape index (κ1) is 36.3. The van der Waals surface area contributed by atoms with Crippen LogP contribution in [0.15, 0.2) is 0 Å². The molecule has 0 fully saturated rings. The predicted molar refractivity (Wildman–Crippen MR) is 30.6 cm³/mol. The molecule has 0 bridgehead atoms. The molecule has 0 amide bonds. The van der Waals surface area contributed by atoms with Crippen molar-refractivity contribution < 1.29 is 31.7 Å². The SMILES string of the molecule is O=P([O-])([O-])[O-].[Ca+2].[Ca+2].[Ca+2].[Cl-].[Mg+2]. The molecule has 0 aliphatic heterocycles. The van der Waals surface area contributed by atoms with E-state index in [1.807, 2.05) is 0 Å². The van der Waals surface area contributed by atoms with Gasteiger partial charge >= 0.3 is 136 Å². The molecular weight excluding hydrogens is 275 g/mol. The first-order valence-corrected chi connectivity index (χ1v) is 2.19. The molecule has 4 nitrogen and oxygen atoms in total. The van der Waals surface area contributed by atoms with Crippen LogP contribution in [-0.2, 0) is 4.57 Å². The molecule has 0 N–H and O–H groups in total. The zero-order valence-corrected chi connectivity index (χ0v) is 15.0. The van der Waals surface area contributed by atoms with Crippen molar-refractivity contribution in [1.82, 2.24) is 0 Å². The van der Waals surface area contributed by atoms with Gasteiger partial charge in [0.25, 0.3) is 0 Å². The Morgan fingerprint density at radius 3 is 0.900 bits per heavy atom. The number of phosphoric acid groups is 1. The third kappa shape index (κ3) is 75.5. The molecule has 0 spiro atoms. The van der Waals surface area contributed by atoms with Crippen LogP contribution in [0.2, 0.25) is 0 Å². The van der Waals surface area contributed by atoms with E-state index in [2.05, 4.69) is 0 Å². The number of halogens is 1. The van der Waals surface area contributed by atoms with E-state index in [0.717, 1.165) is 0 Å². The minimum atomic E-state index is -5.39. The van der Waals surface area contributed by atoms with E-state index in [4.69, 9.17) is 19.2 Å². The van der Waals surface area contributed by atoms with Crippen molar-refractivity contribution in [3.05, 3.63) is 0 Å². The largest absolute Gasteiger partial charge is 2.00 e. The Morgan fingerprint density at radius 2 is 0.900 bits per heavy atom. The molecule has 0 unspecified atom stereocenters. The van der Waals surface area contributed by atoms with Crippen LogP contribution in [0.5, 0.6) is 0 Å². The van der Waals surface area contributed by atoms with Gasteiger partial charge in [0.05, 0.1) is 0 Å². The summed E-state index contributed by atoms with van der Waals surface area (Å²) in [6.45, 7) is 0. The molecular formula is Ca3ClMgO4P+4. The second-order valence-corrected chi connectivity index (χ2v) is 1.34. The van der Waals surface area contributed by atoms with Crippen LogP contribution >= 0.6 is 7.82 Å². The monoisotopic (exact) mass is 274 g/mol. The number of hydrogen-bond acceptors (Lipinski definition) is 4. The van der Waals surface area contributed by atoms with Gasteiger partial charge in [-0.2, -0.15) is 7.82 Å². The molecule has 0 radical (unpaired) electrons. The standard InChI is InChI=1S/3Ca.ClH.Mg.H3O4P/c;;;;;1-5(2,3)4/h;;;1H;;(H3,1,2,3,4)/q3*+2;;+2;/p-4. The Hall–Kier alpha value is 4.95. The van der Waals surface area contributed by atoms with Crippen molar-refractivity contribution in [3.63, 3.8) is 0 Å². The fourth-order valence-corrected chi connectivity index (χ4v) is 0. The molecule has 40 valence electrons. The second kappa shape index (κ2) is 19.5. The average molecular weight is 275 g/mol. The predicted octanol–water partition coefficient (Wildman–Crippen LogP) is -7.34. The van der Waals surface area contributed by atoms with Crippen LogP contribution in [-0.4, -0.2) is 136 Å². The van der Waals surface area contributed by atoms with Crippen LogP contribution in [0, 0.1) is 0 Å². The summed E-state index contributed by atoms with van der Waals surface area (Å²) in [6, 6.07) is 0. The maximum absolute atomic E-state index is 8.55. The molecule has 0 aromatic carbocycles. The van der Waals surface area contributed by atoms with E-state index >= 15 is 0 Å². The van der Waals surface area contributed by atoms with Crippen LogP contribution in [0.4, 0.5) is 0 Å². The summed E-state index contributed by atoms with van der Waals surface area (Å²) in [4.78, 5) is 25.6. The van der Waals surface area contributed by atoms with Gasteiger partial charge in [0.2, 0.25) is 0 Å². The summed E-state index contributed by atoms with van der Waals surface area (Å²) in [7, 11) is -5.39. The van der Waals surface area contributed by atoms with Crippen molar-refractivity contribution in [3.8, 4) is 0 Å². The van der Waals surface area contributed by atoms with Crippen LogP contribution in [0.1, 0.15) is 0 Å². The van der Waals surface area contributed by atoms with E-state index < -0.39 is 7.82 Å². The Labute approximate surface area is 171 Å². The van der Waals surface area contributed by atoms with Gasteiger partial charge in [-0.05, 0) is 0 Å². The second-order valence-electron chi connectivity index (χ2n) is 0.447. The van der Waals surface area contributed by atoms with Gasteiger partial charge in [0.1, 0.15) is 0 Å². The first-order valence-electron chi connectivity index (χ1n) is 0.730. The van der Waals surface area contributed by atoms with Gasteiger partial charge in [-0.3, -0.25) is 0 Å². The molecule has 0 saturated heterocycles. The maximum atomic E-state index is 8.55. The fraction of sp³-hybridized carbons (Fsp3) is 0. The zero-order chi connectivity index (χ0) is 4.50. The molecule has 10 heavy (non-hydrogen) atoms. The maximum Gasteiger partial charge on any atom is 2.00 e. The van der Waals surface area contributed by atoms with Crippen LogP contribution < -0.4 is 27.1 Å². The van der Waals surface area contributed by atoms with Gasteiger partial charge in [-0.15, -0.1) is 0 Å². The summed E-state index contributed by atoms with van der Waals surface area (Å²) < 4.78 is 8.55. The van der Waals surface area contributed by atoms with E-state index in [0.29, 0.717) is 0 Å². The molecule has 0 heterocycles. The van der Waals surface area contributed by atoms with Crippen molar-refractivity contribution >= 4 is 144 Å². The molecule has 0 aliphatic carbocycles. The molecule has 10 heteroatoms. The smallest absolute Gasteiger partial charge is 1.00 e. The van der Waals surface area contributed by atoms with Crippen molar-refractivity contribution in [2.45, 2.75) is 0 Å².